The minimum absolute atomic E-state index is 0.0652. The van der Waals surface area contributed by atoms with Gasteiger partial charge in [-0.25, -0.2) is 9.78 Å². The predicted molar refractivity (Wildman–Crippen MR) is 112 cm³/mol. The summed E-state index contributed by atoms with van der Waals surface area (Å²) in [5, 5.41) is 3.46. The lowest BCUT2D eigenvalue weighted by Crippen LogP contribution is -2.21. The van der Waals surface area contributed by atoms with Crippen LogP contribution in [-0.2, 0) is 0 Å². The van der Waals surface area contributed by atoms with Crippen LogP contribution in [-0.4, -0.2) is 15.9 Å². The molecule has 0 aliphatic rings. The topological polar surface area (TPSA) is 98.2 Å². The second kappa shape index (κ2) is 6.97. The van der Waals surface area contributed by atoms with Crippen LogP contribution < -0.4 is 10.9 Å². The smallest absolute Gasteiger partial charge is 0.349 e. The van der Waals surface area contributed by atoms with E-state index in [2.05, 4.69) is 15.3 Å². The maximum Gasteiger partial charge on any atom is 0.349 e. The molecular formula is C23H15N3O4. The number of nitrogens with zero attached hydrogens (tertiary/aromatic N) is 2. The van der Waals surface area contributed by atoms with Gasteiger partial charge in [-0.3, -0.25) is 4.79 Å². The molecule has 2 aromatic carbocycles. The number of oxazole rings is 1. The number of hydrogen-bond acceptors (Lipinski definition) is 6. The maximum absolute atomic E-state index is 12.8. The Balaban J connectivity index is 1.51. The summed E-state index contributed by atoms with van der Waals surface area (Å²) in [4.78, 5) is 33.7. The van der Waals surface area contributed by atoms with E-state index >= 15 is 0 Å². The third-order valence-corrected chi connectivity index (χ3v) is 4.86. The number of fused-ring (bicyclic) bond motifs is 2. The third-order valence-electron chi connectivity index (χ3n) is 4.86. The lowest BCUT2D eigenvalue weighted by Gasteiger charge is -2.10. The molecule has 0 fully saturated rings. The van der Waals surface area contributed by atoms with Gasteiger partial charge in [-0.15, -0.1) is 0 Å². The van der Waals surface area contributed by atoms with Gasteiger partial charge in [0.2, 0.25) is 5.89 Å². The number of carbonyl (C=O) groups is 1. The maximum atomic E-state index is 12.8. The number of anilines is 1. The molecule has 0 aliphatic carbocycles. The fourth-order valence-corrected chi connectivity index (χ4v) is 3.30. The van der Waals surface area contributed by atoms with E-state index in [4.69, 9.17) is 8.83 Å². The summed E-state index contributed by atoms with van der Waals surface area (Å²) in [5.74, 6) is -0.142. The van der Waals surface area contributed by atoms with Crippen molar-refractivity contribution in [3.05, 3.63) is 88.4 Å². The minimum atomic E-state index is -0.690. The second-order valence-corrected chi connectivity index (χ2v) is 6.76. The zero-order valence-electron chi connectivity index (χ0n) is 15.9. The molecule has 3 aromatic heterocycles. The number of carbonyl (C=O) groups excluding carboxylic acids is 1. The van der Waals surface area contributed by atoms with E-state index in [-0.39, 0.29) is 5.56 Å². The first-order valence-corrected chi connectivity index (χ1v) is 9.26. The Morgan fingerprint density at radius 2 is 1.80 bits per heavy atom. The number of nitrogens with one attached hydrogen (secondary N) is 1. The van der Waals surface area contributed by atoms with Crippen molar-refractivity contribution in [1.29, 1.82) is 0 Å². The normalized spacial score (nSPS) is 11.1. The lowest BCUT2D eigenvalue weighted by molar-refractivity contribution is 0.102. The highest BCUT2D eigenvalue weighted by atomic mass is 16.4. The van der Waals surface area contributed by atoms with Gasteiger partial charge >= 0.3 is 5.63 Å². The first-order valence-electron chi connectivity index (χ1n) is 9.26. The highest BCUT2D eigenvalue weighted by Crippen LogP contribution is 2.30. The lowest BCUT2D eigenvalue weighted by atomic mass is 10.1. The van der Waals surface area contributed by atoms with Crippen LogP contribution in [0.4, 0.5) is 5.69 Å². The first kappa shape index (κ1) is 17.8. The number of amides is 1. The Morgan fingerprint density at radius 3 is 2.67 bits per heavy atom. The third kappa shape index (κ3) is 3.02. The number of hydrogen-bond donors (Lipinski definition) is 1. The Hall–Kier alpha value is -4.26. The number of pyridine rings is 1. The van der Waals surface area contributed by atoms with Crippen molar-refractivity contribution in [3.63, 3.8) is 0 Å². The fourth-order valence-electron chi connectivity index (χ4n) is 3.30. The molecule has 5 aromatic rings. The van der Waals surface area contributed by atoms with Crippen molar-refractivity contribution in [1.82, 2.24) is 9.97 Å². The number of rotatable bonds is 3. The molecule has 0 saturated heterocycles. The van der Waals surface area contributed by atoms with Gasteiger partial charge in [-0.05, 0) is 48.9 Å². The van der Waals surface area contributed by atoms with Gasteiger partial charge in [-0.1, -0.05) is 24.3 Å². The zero-order chi connectivity index (χ0) is 20.7. The summed E-state index contributed by atoms with van der Waals surface area (Å²) in [7, 11) is 0. The van der Waals surface area contributed by atoms with Gasteiger partial charge in [0.05, 0.1) is 0 Å². The van der Waals surface area contributed by atoms with E-state index in [1.165, 1.54) is 6.07 Å². The molecule has 5 rings (SSSR count). The summed E-state index contributed by atoms with van der Waals surface area (Å²) in [6.07, 6.45) is 1.65. The largest absolute Gasteiger partial charge is 0.434 e. The SMILES string of the molecule is Cc1c(NC(=O)c2cc3ccccc3oc2=O)cccc1-c1nc2ncccc2o1. The molecule has 7 heteroatoms. The first-order chi connectivity index (χ1) is 14.6. The van der Waals surface area contributed by atoms with Crippen LogP contribution in [0.3, 0.4) is 0 Å². The van der Waals surface area contributed by atoms with Gasteiger partial charge in [-0.2, -0.15) is 4.98 Å². The number of benzene rings is 2. The van der Waals surface area contributed by atoms with Crippen LogP contribution in [0.2, 0.25) is 0 Å². The minimum Gasteiger partial charge on any atom is -0.434 e. The molecule has 30 heavy (non-hydrogen) atoms. The standard InChI is InChI=1S/C23H15N3O4/c1-13-15(22-26-20-19(29-22)10-5-11-24-20)7-4-8-17(13)25-21(27)16-12-14-6-2-3-9-18(14)30-23(16)28/h2-12H,1H3,(H,25,27). The molecule has 0 aliphatic heterocycles. The van der Waals surface area contributed by atoms with Gasteiger partial charge < -0.3 is 14.2 Å². The second-order valence-electron chi connectivity index (χ2n) is 6.76. The van der Waals surface area contributed by atoms with Crippen molar-refractivity contribution in [2.75, 3.05) is 5.32 Å². The van der Waals surface area contributed by atoms with Crippen molar-refractivity contribution in [2.45, 2.75) is 6.92 Å². The van der Waals surface area contributed by atoms with Crippen molar-refractivity contribution in [3.8, 4) is 11.5 Å². The Morgan fingerprint density at radius 1 is 0.967 bits per heavy atom. The average molecular weight is 397 g/mol. The molecule has 0 bridgehead atoms. The molecule has 1 amide bonds. The molecule has 0 radical (unpaired) electrons. The van der Waals surface area contributed by atoms with Crippen LogP contribution in [0, 0.1) is 6.92 Å². The van der Waals surface area contributed by atoms with E-state index in [1.807, 2.05) is 19.1 Å². The molecule has 0 spiro atoms. The molecule has 7 nitrogen and oxygen atoms in total. The van der Waals surface area contributed by atoms with Crippen molar-refractivity contribution >= 4 is 33.8 Å². The van der Waals surface area contributed by atoms with E-state index in [0.29, 0.717) is 33.8 Å². The monoisotopic (exact) mass is 397 g/mol. The Kier molecular flexibility index (Phi) is 4.14. The van der Waals surface area contributed by atoms with Gasteiger partial charge in [0.25, 0.3) is 5.91 Å². The Bertz CT molecular complexity index is 1450. The van der Waals surface area contributed by atoms with Crippen molar-refractivity contribution in [2.24, 2.45) is 0 Å². The molecule has 3 heterocycles. The zero-order valence-corrected chi connectivity index (χ0v) is 15.9. The molecule has 0 saturated carbocycles. The van der Waals surface area contributed by atoms with Gasteiger partial charge in [0.1, 0.15) is 11.1 Å². The van der Waals surface area contributed by atoms with E-state index in [9.17, 15) is 9.59 Å². The highest BCUT2D eigenvalue weighted by Gasteiger charge is 2.17. The highest BCUT2D eigenvalue weighted by molar-refractivity contribution is 6.06. The number of para-hydroxylation sites is 1. The molecular weight excluding hydrogens is 382 g/mol. The summed E-state index contributed by atoms with van der Waals surface area (Å²) >= 11 is 0. The molecule has 1 N–H and O–H groups in total. The average Bonchev–Trinajstić information content (AvgIpc) is 3.18. The summed E-state index contributed by atoms with van der Waals surface area (Å²) in [6, 6.07) is 17.5. The van der Waals surface area contributed by atoms with Crippen LogP contribution in [0.5, 0.6) is 0 Å². The van der Waals surface area contributed by atoms with Gasteiger partial charge in [0, 0.05) is 22.8 Å². The summed E-state index contributed by atoms with van der Waals surface area (Å²) in [5.41, 5.74) is 2.78. The quantitative estimate of drug-likeness (QED) is 0.448. The van der Waals surface area contributed by atoms with Gasteiger partial charge in [0.15, 0.2) is 11.2 Å². The van der Waals surface area contributed by atoms with Crippen LogP contribution in [0.15, 0.2) is 80.5 Å². The summed E-state index contributed by atoms with van der Waals surface area (Å²) in [6.45, 7) is 1.84. The van der Waals surface area contributed by atoms with E-state index in [0.717, 1.165) is 11.1 Å². The molecule has 0 unspecified atom stereocenters. The van der Waals surface area contributed by atoms with Crippen LogP contribution >= 0.6 is 0 Å². The number of aromatic nitrogens is 2. The summed E-state index contributed by atoms with van der Waals surface area (Å²) < 4.78 is 11.1. The van der Waals surface area contributed by atoms with Crippen LogP contribution in [0.1, 0.15) is 15.9 Å². The fraction of sp³-hybridized carbons (Fsp3) is 0.0435. The molecule has 146 valence electrons. The predicted octanol–water partition coefficient (Wildman–Crippen LogP) is 4.56. The Labute approximate surface area is 170 Å². The van der Waals surface area contributed by atoms with Crippen molar-refractivity contribution < 1.29 is 13.6 Å². The van der Waals surface area contributed by atoms with E-state index < -0.39 is 11.5 Å². The van der Waals surface area contributed by atoms with Crippen LogP contribution in [0.25, 0.3) is 33.7 Å². The molecule has 0 atom stereocenters. The van der Waals surface area contributed by atoms with E-state index in [1.54, 1.807) is 48.7 Å².